The van der Waals surface area contributed by atoms with Crippen LogP contribution in [0, 0.1) is 11.8 Å². The molecule has 4 rings (SSSR count). The van der Waals surface area contributed by atoms with Crippen LogP contribution in [-0.2, 0) is 14.3 Å². The molecule has 0 N–H and O–H groups in total. The van der Waals surface area contributed by atoms with Gasteiger partial charge < -0.3 is 24.3 Å². The van der Waals surface area contributed by atoms with Gasteiger partial charge in [-0.25, -0.2) is 0 Å². The normalized spacial score (nSPS) is 34.5. The van der Waals surface area contributed by atoms with E-state index in [0.29, 0.717) is 6.54 Å². The van der Waals surface area contributed by atoms with Crippen molar-refractivity contribution < 1.29 is 24.2 Å². The van der Waals surface area contributed by atoms with Crippen molar-refractivity contribution in [2.45, 2.75) is 24.7 Å². The summed E-state index contributed by atoms with van der Waals surface area (Å²) in [7, 11) is 1.60. The Morgan fingerprint density at radius 2 is 2.12 bits per heavy atom. The summed E-state index contributed by atoms with van der Waals surface area (Å²) in [5, 5.41) is 11.5. The molecule has 1 aromatic carbocycles. The Morgan fingerprint density at radius 3 is 2.75 bits per heavy atom. The molecule has 0 aliphatic carbocycles. The molecule has 0 radical (unpaired) electrons. The second-order valence-electron chi connectivity index (χ2n) is 6.63. The van der Waals surface area contributed by atoms with Gasteiger partial charge in [0.05, 0.1) is 31.7 Å². The van der Waals surface area contributed by atoms with Crippen molar-refractivity contribution in [2.75, 3.05) is 13.7 Å². The number of aliphatic carboxylic acids is 1. The van der Waals surface area contributed by atoms with Crippen LogP contribution in [0.25, 0.3) is 0 Å². The summed E-state index contributed by atoms with van der Waals surface area (Å²) in [4.78, 5) is 26.1. The second kappa shape index (κ2) is 5.08. The van der Waals surface area contributed by atoms with Crippen LogP contribution in [0.4, 0.5) is 0 Å². The van der Waals surface area contributed by atoms with Crippen LogP contribution >= 0.6 is 0 Å². The van der Waals surface area contributed by atoms with E-state index in [1.54, 1.807) is 18.1 Å². The van der Waals surface area contributed by atoms with Crippen molar-refractivity contribution in [3.05, 3.63) is 42.0 Å². The van der Waals surface area contributed by atoms with E-state index in [1.807, 2.05) is 37.3 Å². The van der Waals surface area contributed by atoms with E-state index in [0.717, 1.165) is 11.3 Å². The number of ether oxygens (including phenoxy) is 2. The summed E-state index contributed by atoms with van der Waals surface area (Å²) in [6.45, 7) is 2.29. The molecule has 1 aromatic rings. The molecule has 1 amide bonds. The molecule has 3 aliphatic rings. The van der Waals surface area contributed by atoms with Gasteiger partial charge in [0.2, 0.25) is 5.91 Å². The topological polar surface area (TPSA) is 78.9 Å². The van der Waals surface area contributed by atoms with Gasteiger partial charge in [-0.15, -0.1) is 0 Å². The lowest BCUT2D eigenvalue weighted by Gasteiger charge is -2.28. The first-order valence-electron chi connectivity index (χ1n) is 7.99. The van der Waals surface area contributed by atoms with Crippen molar-refractivity contribution in [3.63, 3.8) is 0 Å². The van der Waals surface area contributed by atoms with Gasteiger partial charge in [0, 0.05) is 11.9 Å². The Labute approximate surface area is 139 Å². The highest BCUT2D eigenvalue weighted by Gasteiger charge is 2.65. The fraction of sp³-hybridized carbons (Fsp3) is 0.444. The molecule has 6 heteroatoms. The van der Waals surface area contributed by atoms with E-state index >= 15 is 0 Å². The number of likely N-dealkylation sites (tertiary alicyclic amines) is 1. The lowest BCUT2D eigenvalue weighted by molar-refractivity contribution is -0.313. The Morgan fingerprint density at radius 1 is 1.42 bits per heavy atom. The Hall–Kier alpha value is -2.34. The summed E-state index contributed by atoms with van der Waals surface area (Å²) in [5.74, 6) is -2.26. The lowest BCUT2D eigenvalue weighted by Crippen LogP contribution is -2.45. The van der Waals surface area contributed by atoms with Crippen LogP contribution in [0.3, 0.4) is 0 Å². The van der Waals surface area contributed by atoms with Crippen LogP contribution in [0.5, 0.6) is 5.75 Å². The number of carboxylic acids is 1. The van der Waals surface area contributed by atoms with Gasteiger partial charge in [0.1, 0.15) is 11.4 Å². The third kappa shape index (κ3) is 1.92. The number of benzene rings is 1. The van der Waals surface area contributed by atoms with Crippen molar-refractivity contribution in [2.24, 2.45) is 11.8 Å². The number of fused-ring (bicyclic) bond motifs is 1. The average molecular weight is 328 g/mol. The molecule has 6 nitrogen and oxygen atoms in total. The highest BCUT2D eigenvalue weighted by atomic mass is 16.5. The third-order valence-electron chi connectivity index (χ3n) is 5.47. The minimum Gasteiger partial charge on any atom is -0.550 e. The van der Waals surface area contributed by atoms with Gasteiger partial charge in [0.25, 0.3) is 0 Å². The molecule has 2 saturated heterocycles. The number of carboxylic acid groups (broad SMARTS) is 1. The standard InChI is InChI=1S/C18H19NO5/c1-10(11-3-5-12(23-2)6-4-11)19-9-18-8-7-13(24-18)14(17(21)22)15(18)16(19)20/h3-8,10,13-15H,9H2,1-2H3,(H,21,22)/p-1/t10-,13-,14-,15+,18-/m0/s1. The maximum Gasteiger partial charge on any atom is 0.230 e. The SMILES string of the molecule is COc1ccc([C@H](C)N2C[C@]34C=C[C@H](O3)[C@H](C(=O)[O-])[C@@H]4C2=O)cc1. The predicted octanol–water partition coefficient (Wildman–Crippen LogP) is 0.288. The molecule has 126 valence electrons. The summed E-state index contributed by atoms with van der Waals surface area (Å²) in [5.41, 5.74) is 0.136. The van der Waals surface area contributed by atoms with Crippen molar-refractivity contribution in [1.29, 1.82) is 0 Å². The molecule has 24 heavy (non-hydrogen) atoms. The van der Waals surface area contributed by atoms with Crippen LogP contribution in [0.15, 0.2) is 36.4 Å². The number of hydrogen-bond acceptors (Lipinski definition) is 5. The van der Waals surface area contributed by atoms with Crippen LogP contribution in [-0.4, -0.2) is 42.1 Å². The summed E-state index contributed by atoms with van der Waals surface area (Å²) >= 11 is 0. The number of nitrogens with zero attached hydrogens (tertiary/aromatic N) is 1. The molecule has 0 aromatic heterocycles. The maximum atomic E-state index is 12.9. The van der Waals surface area contributed by atoms with E-state index < -0.39 is 29.5 Å². The molecule has 0 unspecified atom stereocenters. The smallest absolute Gasteiger partial charge is 0.230 e. The Bertz CT molecular complexity index is 727. The molecule has 0 saturated carbocycles. The number of carbonyl (C=O) groups excluding carboxylic acids is 2. The highest BCUT2D eigenvalue weighted by Crippen LogP contribution is 2.53. The number of hydrogen-bond donors (Lipinski definition) is 0. The number of methoxy groups -OCH3 is 1. The van der Waals surface area contributed by atoms with Gasteiger partial charge in [-0.2, -0.15) is 0 Å². The van der Waals surface area contributed by atoms with Crippen LogP contribution in [0.2, 0.25) is 0 Å². The van der Waals surface area contributed by atoms with Crippen LogP contribution in [0.1, 0.15) is 18.5 Å². The molecule has 1 spiro atoms. The molecule has 2 bridgehead atoms. The first kappa shape index (κ1) is 15.2. The second-order valence-corrected chi connectivity index (χ2v) is 6.63. The Balaban J connectivity index is 1.63. The molecule has 2 fully saturated rings. The van der Waals surface area contributed by atoms with E-state index in [-0.39, 0.29) is 11.9 Å². The van der Waals surface area contributed by atoms with Gasteiger partial charge in [0.15, 0.2) is 0 Å². The first-order valence-corrected chi connectivity index (χ1v) is 7.99. The Kier molecular flexibility index (Phi) is 3.22. The zero-order chi connectivity index (χ0) is 17.1. The third-order valence-corrected chi connectivity index (χ3v) is 5.47. The zero-order valence-electron chi connectivity index (χ0n) is 13.5. The lowest BCUT2D eigenvalue weighted by atomic mass is 9.77. The number of amides is 1. The minimum absolute atomic E-state index is 0.179. The number of carbonyl (C=O) groups is 2. The van der Waals surface area contributed by atoms with Gasteiger partial charge in [-0.05, 0) is 24.6 Å². The number of rotatable bonds is 4. The largest absolute Gasteiger partial charge is 0.550 e. The quantitative estimate of drug-likeness (QED) is 0.742. The zero-order valence-corrected chi connectivity index (χ0v) is 13.5. The molecule has 5 atom stereocenters. The van der Waals surface area contributed by atoms with E-state index in [1.165, 1.54) is 0 Å². The van der Waals surface area contributed by atoms with E-state index in [9.17, 15) is 14.7 Å². The molecular weight excluding hydrogens is 310 g/mol. The van der Waals surface area contributed by atoms with Crippen molar-refractivity contribution in [3.8, 4) is 5.75 Å². The maximum absolute atomic E-state index is 12.9. The van der Waals surface area contributed by atoms with Crippen LogP contribution < -0.4 is 9.84 Å². The average Bonchev–Trinajstić information content (AvgIpc) is 3.22. The van der Waals surface area contributed by atoms with E-state index in [4.69, 9.17) is 9.47 Å². The van der Waals surface area contributed by atoms with Crippen molar-refractivity contribution in [1.82, 2.24) is 4.90 Å². The van der Waals surface area contributed by atoms with Gasteiger partial charge >= 0.3 is 0 Å². The minimum atomic E-state index is -1.22. The molecular formula is C18H18NO5-. The monoisotopic (exact) mass is 328 g/mol. The summed E-state index contributed by atoms with van der Waals surface area (Å²) in [6.07, 6.45) is 3.04. The summed E-state index contributed by atoms with van der Waals surface area (Å²) in [6, 6.07) is 7.33. The highest BCUT2D eigenvalue weighted by molar-refractivity contribution is 5.90. The van der Waals surface area contributed by atoms with Crippen molar-refractivity contribution >= 4 is 11.9 Å². The fourth-order valence-electron chi connectivity index (χ4n) is 4.19. The summed E-state index contributed by atoms with van der Waals surface area (Å²) < 4.78 is 11.0. The molecule has 3 aliphatic heterocycles. The van der Waals surface area contributed by atoms with Gasteiger partial charge in [-0.3, -0.25) is 4.79 Å². The first-order chi connectivity index (χ1) is 11.5. The van der Waals surface area contributed by atoms with Gasteiger partial charge in [-0.1, -0.05) is 24.3 Å². The molecule has 3 heterocycles. The van der Waals surface area contributed by atoms with E-state index in [2.05, 4.69) is 0 Å². The predicted molar refractivity (Wildman–Crippen MR) is 81.9 cm³/mol. The fourth-order valence-corrected chi connectivity index (χ4v) is 4.19.